The summed E-state index contributed by atoms with van der Waals surface area (Å²) < 4.78 is 0. The third kappa shape index (κ3) is 2.13. The van der Waals surface area contributed by atoms with Gasteiger partial charge < -0.3 is 5.11 Å². The maximum Gasteiger partial charge on any atom is 0.0633 e. The first-order valence-corrected chi connectivity index (χ1v) is 6.48. The lowest BCUT2D eigenvalue weighted by atomic mass is 9.81. The fourth-order valence-electron chi connectivity index (χ4n) is 2.86. The predicted octanol–water partition coefficient (Wildman–Crippen LogP) is 2.42. The van der Waals surface area contributed by atoms with E-state index in [1.807, 2.05) is 18.2 Å². The van der Waals surface area contributed by atoms with Crippen LogP contribution in [0.25, 0.3) is 5.57 Å². The van der Waals surface area contributed by atoms with Crippen LogP contribution in [-0.4, -0.2) is 35.7 Å². The van der Waals surface area contributed by atoms with E-state index in [1.54, 1.807) is 0 Å². The zero-order valence-electron chi connectivity index (χ0n) is 9.64. The Labute approximate surface area is 107 Å². The molecule has 1 saturated heterocycles. The Balaban J connectivity index is 1.97. The van der Waals surface area contributed by atoms with Crippen LogP contribution in [0.2, 0.25) is 5.02 Å². The summed E-state index contributed by atoms with van der Waals surface area (Å²) in [5.41, 5.74) is 2.42. The average Bonchev–Trinajstić information content (AvgIpc) is 2.34. The molecule has 3 unspecified atom stereocenters. The fourth-order valence-corrected chi connectivity index (χ4v) is 3.05. The van der Waals surface area contributed by atoms with Crippen molar-refractivity contribution in [1.82, 2.24) is 4.90 Å². The molecule has 0 radical (unpaired) electrons. The van der Waals surface area contributed by atoms with Gasteiger partial charge in [0.2, 0.25) is 0 Å². The molecule has 0 spiro atoms. The first-order chi connectivity index (χ1) is 8.24. The lowest BCUT2D eigenvalue weighted by Crippen LogP contribution is -2.46. The van der Waals surface area contributed by atoms with Gasteiger partial charge in [-0.2, -0.15) is 0 Å². The number of piperidine rings is 1. The highest BCUT2D eigenvalue weighted by Crippen LogP contribution is 2.35. The van der Waals surface area contributed by atoms with Crippen LogP contribution in [0.3, 0.4) is 0 Å². The molecule has 17 heavy (non-hydrogen) atoms. The second-order valence-corrected chi connectivity index (χ2v) is 5.33. The molecule has 90 valence electrons. The van der Waals surface area contributed by atoms with E-state index >= 15 is 0 Å². The smallest absolute Gasteiger partial charge is 0.0633 e. The molecule has 3 atom stereocenters. The Hall–Kier alpha value is -0.830. The summed E-state index contributed by atoms with van der Waals surface area (Å²) in [6, 6.07) is 7.93. The summed E-state index contributed by atoms with van der Waals surface area (Å²) in [5.74, 6) is 0.246. The molecule has 1 N–H and O–H groups in total. The minimum absolute atomic E-state index is 0.211. The molecule has 0 aromatic heterocycles. The first kappa shape index (κ1) is 11.3. The molecule has 0 amide bonds. The van der Waals surface area contributed by atoms with E-state index in [0.717, 1.165) is 36.6 Å². The van der Waals surface area contributed by atoms with Crippen LogP contribution in [0.15, 0.2) is 30.3 Å². The van der Waals surface area contributed by atoms with Crippen molar-refractivity contribution in [1.29, 1.82) is 0 Å². The summed E-state index contributed by atoms with van der Waals surface area (Å²) in [4.78, 5) is 2.39. The highest BCUT2D eigenvalue weighted by Gasteiger charge is 2.33. The van der Waals surface area contributed by atoms with Crippen molar-refractivity contribution in [2.45, 2.75) is 12.5 Å². The van der Waals surface area contributed by atoms with Gasteiger partial charge in [0.1, 0.15) is 0 Å². The number of rotatable bonds is 1. The summed E-state index contributed by atoms with van der Waals surface area (Å²) in [5, 5.41) is 10.9. The summed E-state index contributed by atoms with van der Waals surface area (Å²) in [7, 11) is 0. The van der Waals surface area contributed by atoms with Gasteiger partial charge in [-0.25, -0.2) is 0 Å². The van der Waals surface area contributed by atoms with Gasteiger partial charge in [-0.3, -0.25) is 4.90 Å². The third-order valence-corrected chi connectivity index (χ3v) is 4.02. The normalized spacial score (nSPS) is 32.1. The lowest BCUT2D eigenvalue weighted by molar-refractivity contribution is 0.0509. The molecule has 2 aliphatic heterocycles. The van der Waals surface area contributed by atoms with E-state index in [2.05, 4.69) is 17.0 Å². The van der Waals surface area contributed by atoms with E-state index in [1.165, 1.54) is 5.57 Å². The van der Waals surface area contributed by atoms with Crippen LogP contribution < -0.4 is 0 Å². The second-order valence-electron chi connectivity index (χ2n) is 4.89. The number of hydrogen-bond acceptors (Lipinski definition) is 2. The third-order valence-electron chi connectivity index (χ3n) is 3.79. The Kier molecular flexibility index (Phi) is 2.95. The van der Waals surface area contributed by atoms with Crippen LogP contribution in [0, 0.1) is 5.92 Å². The highest BCUT2D eigenvalue weighted by atomic mass is 35.5. The van der Waals surface area contributed by atoms with Gasteiger partial charge in [0.05, 0.1) is 6.10 Å². The van der Waals surface area contributed by atoms with Gasteiger partial charge in [-0.1, -0.05) is 29.8 Å². The fraction of sp³-hybridized carbons (Fsp3) is 0.429. The Bertz CT molecular complexity index is 457. The Morgan fingerprint density at radius 1 is 1.35 bits per heavy atom. The number of fused-ring (bicyclic) bond motifs is 2. The molecule has 1 fully saturated rings. The molecular formula is C14H16ClNO. The number of benzene rings is 1. The van der Waals surface area contributed by atoms with E-state index in [4.69, 9.17) is 11.6 Å². The minimum atomic E-state index is -0.211. The van der Waals surface area contributed by atoms with E-state index in [-0.39, 0.29) is 12.0 Å². The van der Waals surface area contributed by atoms with E-state index < -0.39 is 0 Å². The zero-order chi connectivity index (χ0) is 11.8. The molecule has 2 nitrogen and oxygen atoms in total. The van der Waals surface area contributed by atoms with Gasteiger partial charge in [-0.15, -0.1) is 0 Å². The van der Waals surface area contributed by atoms with Crippen molar-refractivity contribution in [3.63, 3.8) is 0 Å². The van der Waals surface area contributed by atoms with Crippen LogP contribution in [0.5, 0.6) is 0 Å². The number of halogens is 1. The van der Waals surface area contributed by atoms with E-state index in [9.17, 15) is 5.11 Å². The summed E-state index contributed by atoms with van der Waals surface area (Å²) >= 11 is 6.03. The molecule has 2 heterocycles. The predicted molar refractivity (Wildman–Crippen MR) is 70.0 cm³/mol. The van der Waals surface area contributed by atoms with Crippen molar-refractivity contribution in [3.8, 4) is 0 Å². The van der Waals surface area contributed by atoms with Crippen LogP contribution >= 0.6 is 11.6 Å². The molecule has 2 aliphatic rings. The maximum atomic E-state index is 10.1. The van der Waals surface area contributed by atoms with Gasteiger partial charge in [-0.05, 0) is 29.7 Å². The highest BCUT2D eigenvalue weighted by molar-refractivity contribution is 6.30. The molecule has 3 heteroatoms. The number of nitrogens with zero attached hydrogens (tertiary/aromatic N) is 1. The molecular weight excluding hydrogens is 234 g/mol. The van der Waals surface area contributed by atoms with Crippen molar-refractivity contribution in [2.24, 2.45) is 5.92 Å². The lowest BCUT2D eigenvalue weighted by Gasteiger charge is -2.40. The van der Waals surface area contributed by atoms with Crippen LogP contribution in [-0.2, 0) is 0 Å². The summed E-state index contributed by atoms with van der Waals surface area (Å²) in [6.45, 7) is 2.97. The molecule has 1 aromatic rings. The van der Waals surface area contributed by atoms with Gasteiger partial charge >= 0.3 is 0 Å². The quantitative estimate of drug-likeness (QED) is 0.826. The zero-order valence-corrected chi connectivity index (χ0v) is 10.4. The summed E-state index contributed by atoms with van der Waals surface area (Å²) in [6.07, 6.45) is 2.90. The minimum Gasteiger partial charge on any atom is -0.392 e. The maximum absolute atomic E-state index is 10.1. The van der Waals surface area contributed by atoms with Crippen LogP contribution in [0.4, 0.5) is 0 Å². The number of aliphatic hydroxyl groups is 1. The van der Waals surface area contributed by atoms with Gasteiger partial charge in [0.15, 0.2) is 0 Å². The van der Waals surface area contributed by atoms with Crippen LogP contribution in [0.1, 0.15) is 12.0 Å². The van der Waals surface area contributed by atoms with Gasteiger partial charge in [0.25, 0.3) is 0 Å². The number of hydrogen-bond donors (Lipinski definition) is 1. The second kappa shape index (κ2) is 4.45. The van der Waals surface area contributed by atoms with Crippen molar-refractivity contribution < 1.29 is 5.11 Å². The van der Waals surface area contributed by atoms with Gasteiger partial charge in [0, 0.05) is 30.6 Å². The average molecular weight is 250 g/mol. The number of aliphatic hydroxyl groups excluding tert-OH is 1. The van der Waals surface area contributed by atoms with Crippen molar-refractivity contribution in [3.05, 3.63) is 40.9 Å². The topological polar surface area (TPSA) is 23.5 Å². The molecule has 0 saturated carbocycles. The monoisotopic (exact) mass is 249 g/mol. The molecule has 2 bridgehead atoms. The van der Waals surface area contributed by atoms with E-state index in [0.29, 0.717) is 0 Å². The molecule has 0 aliphatic carbocycles. The Morgan fingerprint density at radius 2 is 2.24 bits per heavy atom. The van der Waals surface area contributed by atoms with Crippen molar-refractivity contribution in [2.75, 3.05) is 19.6 Å². The molecule has 3 rings (SSSR count). The first-order valence-electron chi connectivity index (χ1n) is 6.10. The largest absolute Gasteiger partial charge is 0.392 e. The Morgan fingerprint density at radius 3 is 3.06 bits per heavy atom. The standard InChI is InChI=1S/C14H16ClNO/c15-11-3-1-2-10(8-11)12-4-6-16-7-5-14(17)13(12)9-16/h1-4,8,13-14,17H,5-7,9H2. The molecule has 1 aromatic carbocycles. The SMILES string of the molecule is OC1CCN2CC=C(c3cccc(Cl)c3)C1C2. The van der Waals surface area contributed by atoms with Crippen molar-refractivity contribution >= 4 is 17.2 Å².